The van der Waals surface area contributed by atoms with Crippen LogP contribution in [0, 0.1) is 0 Å². The van der Waals surface area contributed by atoms with Gasteiger partial charge in [-0.05, 0) is 24.3 Å². The molecule has 0 aliphatic carbocycles. The highest BCUT2D eigenvalue weighted by molar-refractivity contribution is 6.30. The van der Waals surface area contributed by atoms with E-state index in [-0.39, 0.29) is 18.3 Å². The molecule has 0 amide bonds. The number of aldehydes is 1. The second kappa shape index (κ2) is 6.90. The first kappa shape index (κ1) is 15.1. The van der Waals surface area contributed by atoms with Crippen LogP contribution in [0.2, 0.25) is 5.02 Å². The van der Waals surface area contributed by atoms with Crippen LogP contribution in [0.1, 0.15) is 17.5 Å². The molecule has 6 nitrogen and oxygen atoms in total. The number of rotatable bonds is 6. The summed E-state index contributed by atoms with van der Waals surface area (Å²) in [4.78, 5) is 25.8. The van der Waals surface area contributed by atoms with Crippen LogP contribution in [0.25, 0.3) is 0 Å². The molecule has 1 aromatic carbocycles. The molecule has 0 saturated carbocycles. The summed E-state index contributed by atoms with van der Waals surface area (Å²) in [7, 11) is 0. The Kier molecular flexibility index (Phi) is 4.94. The maximum absolute atomic E-state index is 11.0. The first-order valence-corrected chi connectivity index (χ1v) is 6.55. The number of benzene rings is 1. The zero-order chi connectivity index (χ0) is 15.2. The fourth-order valence-corrected chi connectivity index (χ4v) is 1.83. The van der Waals surface area contributed by atoms with E-state index < -0.39 is 5.97 Å². The largest absolute Gasteiger partial charge is 0.492 e. The first-order chi connectivity index (χ1) is 10.1. The number of ether oxygens (including phenoxy) is 2. The van der Waals surface area contributed by atoms with Crippen molar-refractivity contribution >= 4 is 23.9 Å². The van der Waals surface area contributed by atoms with Crippen LogP contribution >= 0.6 is 11.6 Å². The van der Waals surface area contributed by atoms with Gasteiger partial charge in [0.1, 0.15) is 12.4 Å². The molecule has 0 bridgehead atoms. The smallest absolute Gasteiger partial charge is 0.309 e. The Balaban J connectivity index is 2.01. The molecule has 2 rings (SSSR count). The number of carbonyl (C=O) groups is 2. The highest BCUT2D eigenvalue weighted by Gasteiger charge is 2.12. The lowest BCUT2D eigenvalue weighted by molar-refractivity contribution is -0.132. The second-order valence-electron chi connectivity index (χ2n) is 4.12. The number of carbonyl (C=O) groups excluding carboxylic acids is 2. The molecular formula is C14H13ClN2O4. The molecule has 0 unspecified atom stereocenters. The van der Waals surface area contributed by atoms with Crippen LogP contribution in [0.4, 0.5) is 0 Å². The van der Waals surface area contributed by atoms with Gasteiger partial charge in [-0.3, -0.25) is 14.2 Å². The van der Waals surface area contributed by atoms with E-state index in [0.29, 0.717) is 23.6 Å². The number of aromatic nitrogens is 2. The van der Waals surface area contributed by atoms with E-state index in [1.54, 1.807) is 24.3 Å². The van der Waals surface area contributed by atoms with Crippen molar-refractivity contribution in [2.75, 3.05) is 6.61 Å². The zero-order valence-corrected chi connectivity index (χ0v) is 12.0. The number of imidazole rings is 1. The Labute approximate surface area is 126 Å². The Morgan fingerprint density at radius 2 is 2.10 bits per heavy atom. The van der Waals surface area contributed by atoms with Crippen molar-refractivity contribution in [1.82, 2.24) is 9.55 Å². The summed E-state index contributed by atoms with van der Waals surface area (Å²) >= 11 is 5.78. The normalized spacial score (nSPS) is 10.2. The third-order valence-corrected chi connectivity index (χ3v) is 2.85. The quantitative estimate of drug-likeness (QED) is 0.605. The molecule has 0 fully saturated rings. The third-order valence-electron chi connectivity index (χ3n) is 2.60. The molecule has 2 aromatic rings. The summed E-state index contributed by atoms with van der Waals surface area (Å²) in [5, 5.41) is 0.623. The van der Waals surface area contributed by atoms with Crippen LogP contribution < -0.4 is 9.47 Å². The molecule has 1 aromatic heterocycles. The molecular weight excluding hydrogens is 296 g/mol. The number of hydrogen-bond donors (Lipinski definition) is 0. The molecule has 0 radical (unpaired) electrons. The highest BCUT2D eigenvalue weighted by Crippen LogP contribution is 2.17. The molecule has 110 valence electrons. The maximum atomic E-state index is 11.0. The minimum Gasteiger partial charge on any atom is -0.492 e. The predicted molar refractivity (Wildman–Crippen MR) is 75.9 cm³/mol. The third kappa shape index (κ3) is 4.06. The Morgan fingerprint density at radius 1 is 1.38 bits per heavy atom. The SMILES string of the molecule is CC(=O)Oc1cnc(C=O)n1CCOc1ccc(Cl)cc1. The van der Waals surface area contributed by atoms with Crippen molar-refractivity contribution in [1.29, 1.82) is 0 Å². The number of esters is 1. The van der Waals surface area contributed by atoms with E-state index in [2.05, 4.69) is 4.98 Å². The standard InChI is InChI=1S/C14H13ClN2O4/c1-10(19)21-14-8-16-13(9-18)17(14)6-7-20-12-4-2-11(15)3-5-12/h2-5,8-9H,6-7H2,1H3. The molecule has 1 heterocycles. The monoisotopic (exact) mass is 308 g/mol. The van der Waals surface area contributed by atoms with Gasteiger partial charge >= 0.3 is 5.97 Å². The topological polar surface area (TPSA) is 70.4 Å². The Morgan fingerprint density at radius 3 is 2.71 bits per heavy atom. The van der Waals surface area contributed by atoms with Crippen molar-refractivity contribution < 1.29 is 19.1 Å². The Hall–Kier alpha value is -2.34. The van der Waals surface area contributed by atoms with Gasteiger partial charge in [0.25, 0.3) is 0 Å². The summed E-state index contributed by atoms with van der Waals surface area (Å²) in [5.74, 6) is 0.559. The van der Waals surface area contributed by atoms with Gasteiger partial charge in [-0.2, -0.15) is 0 Å². The van der Waals surface area contributed by atoms with Crippen LogP contribution in [0.15, 0.2) is 30.5 Å². The van der Waals surface area contributed by atoms with Crippen LogP contribution in [-0.4, -0.2) is 28.4 Å². The molecule has 0 aliphatic rings. The van der Waals surface area contributed by atoms with Crippen LogP contribution in [0.3, 0.4) is 0 Å². The molecule has 0 saturated heterocycles. The van der Waals surface area contributed by atoms with Crippen LogP contribution in [-0.2, 0) is 11.3 Å². The molecule has 21 heavy (non-hydrogen) atoms. The molecule has 7 heteroatoms. The van der Waals surface area contributed by atoms with E-state index in [1.807, 2.05) is 0 Å². The van der Waals surface area contributed by atoms with Crippen molar-refractivity contribution in [3.05, 3.63) is 41.3 Å². The van der Waals surface area contributed by atoms with Crippen molar-refractivity contribution in [2.24, 2.45) is 0 Å². The molecule has 0 aliphatic heterocycles. The fourth-order valence-electron chi connectivity index (χ4n) is 1.71. The summed E-state index contributed by atoms with van der Waals surface area (Å²) in [5.41, 5.74) is 0. The highest BCUT2D eigenvalue weighted by atomic mass is 35.5. The van der Waals surface area contributed by atoms with E-state index >= 15 is 0 Å². The van der Waals surface area contributed by atoms with Gasteiger partial charge in [0.05, 0.1) is 12.7 Å². The van der Waals surface area contributed by atoms with Gasteiger partial charge in [-0.25, -0.2) is 4.98 Å². The van der Waals surface area contributed by atoms with Crippen molar-refractivity contribution in [3.63, 3.8) is 0 Å². The van der Waals surface area contributed by atoms with Gasteiger partial charge in [-0.15, -0.1) is 0 Å². The van der Waals surface area contributed by atoms with Crippen LogP contribution in [0.5, 0.6) is 11.6 Å². The average molecular weight is 309 g/mol. The first-order valence-electron chi connectivity index (χ1n) is 6.17. The molecule has 0 N–H and O–H groups in total. The van der Waals surface area contributed by atoms with E-state index in [0.717, 1.165) is 0 Å². The Bertz CT molecular complexity index is 637. The molecule has 0 spiro atoms. The minimum absolute atomic E-state index is 0.172. The average Bonchev–Trinajstić information content (AvgIpc) is 2.82. The van der Waals surface area contributed by atoms with Crippen molar-refractivity contribution in [2.45, 2.75) is 13.5 Å². The van der Waals surface area contributed by atoms with E-state index in [1.165, 1.54) is 17.7 Å². The summed E-state index contributed by atoms with van der Waals surface area (Å²) in [6.45, 7) is 1.88. The van der Waals surface area contributed by atoms with Gasteiger partial charge in [0.15, 0.2) is 12.1 Å². The maximum Gasteiger partial charge on any atom is 0.309 e. The van der Waals surface area contributed by atoms with Gasteiger partial charge in [-0.1, -0.05) is 11.6 Å². The van der Waals surface area contributed by atoms with Gasteiger partial charge in [0, 0.05) is 11.9 Å². The predicted octanol–water partition coefficient (Wildman–Crippen LogP) is 2.35. The molecule has 0 atom stereocenters. The van der Waals surface area contributed by atoms with E-state index in [9.17, 15) is 9.59 Å². The van der Waals surface area contributed by atoms with Gasteiger partial charge < -0.3 is 9.47 Å². The summed E-state index contributed by atoms with van der Waals surface area (Å²) < 4.78 is 12.0. The zero-order valence-electron chi connectivity index (χ0n) is 11.3. The fraction of sp³-hybridized carbons (Fsp3) is 0.214. The number of halogens is 1. The lowest BCUT2D eigenvalue weighted by atomic mass is 10.3. The second-order valence-corrected chi connectivity index (χ2v) is 4.56. The minimum atomic E-state index is -0.479. The lowest BCUT2D eigenvalue weighted by Gasteiger charge is -2.10. The lowest BCUT2D eigenvalue weighted by Crippen LogP contribution is -2.14. The van der Waals surface area contributed by atoms with E-state index in [4.69, 9.17) is 21.1 Å². The summed E-state index contributed by atoms with van der Waals surface area (Å²) in [6, 6.07) is 6.91. The summed E-state index contributed by atoms with van der Waals surface area (Å²) in [6.07, 6.45) is 1.92. The van der Waals surface area contributed by atoms with Crippen molar-refractivity contribution in [3.8, 4) is 11.6 Å². The van der Waals surface area contributed by atoms with Gasteiger partial charge in [0.2, 0.25) is 5.88 Å². The number of hydrogen-bond acceptors (Lipinski definition) is 5. The number of nitrogens with zero attached hydrogens (tertiary/aromatic N) is 2.